The van der Waals surface area contributed by atoms with Crippen LogP contribution in [0.2, 0.25) is 0 Å². The van der Waals surface area contributed by atoms with Gasteiger partial charge in [-0.15, -0.1) is 0 Å². The van der Waals surface area contributed by atoms with Gasteiger partial charge in [0.2, 0.25) is 12.3 Å². The Kier molecular flexibility index (Phi) is 6.89. The average Bonchev–Trinajstić information content (AvgIpc) is 2.79. The smallest absolute Gasteiger partial charge is 0.277 e. The van der Waals surface area contributed by atoms with Crippen molar-refractivity contribution in [3.8, 4) is 11.5 Å². The number of nitrogens with one attached hydrogen (secondary N) is 1. The second-order valence-corrected chi connectivity index (χ2v) is 6.37. The van der Waals surface area contributed by atoms with E-state index in [-0.39, 0.29) is 18.2 Å². The van der Waals surface area contributed by atoms with Crippen LogP contribution in [0.4, 0.5) is 0 Å². The number of Topliss-reactive ketones (excluding diaryl/α,β-unsaturated/α-hetero) is 1. The van der Waals surface area contributed by atoms with E-state index in [0.717, 1.165) is 5.56 Å². The van der Waals surface area contributed by atoms with E-state index in [1.54, 1.807) is 73.6 Å². The Balaban J connectivity index is 1.64. The summed E-state index contributed by atoms with van der Waals surface area (Å²) < 4.78 is 12.1. The van der Waals surface area contributed by atoms with Gasteiger partial charge in [-0.2, -0.15) is 9.67 Å². The SMILES string of the molecule is COc1ccc(/C=N/NC(=O)c2ccc[n+](CC(=O)c3ccccc3)c2)cc1OC. The Morgan fingerprint density at radius 1 is 0.967 bits per heavy atom. The summed E-state index contributed by atoms with van der Waals surface area (Å²) in [5.74, 6) is 0.760. The second-order valence-electron chi connectivity index (χ2n) is 6.37. The standard InChI is InChI=1S/C23H21N3O4/c1-29-21-11-10-17(13-22(21)30-2)14-24-25-23(28)19-9-6-12-26(15-19)16-20(27)18-7-4-3-5-8-18/h3-15H,16H2,1-2H3/p+1/b24-14+. The summed E-state index contributed by atoms with van der Waals surface area (Å²) >= 11 is 0. The fourth-order valence-electron chi connectivity index (χ4n) is 2.80. The fraction of sp³-hybridized carbons (Fsp3) is 0.130. The van der Waals surface area contributed by atoms with Gasteiger partial charge in [0, 0.05) is 11.6 Å². The number of carbonyl (C=O) groups is 2. The predicted molar refractivity (Wildman–Crippen MR) is 112 cm³/mol. The minimum Gasteiger partial charge on any atom is -0.493 e. The molecule has 0 unspecified atom stereocenters. The van der Waals surface area contributed by atoms with Gasteiger partial charge >= 0.3 is 0 Å². The summed E-state index contributed by atoms with van der Waals surface area (Å²) in [5.41, 5.74) is 4.24. The van der Waals surface area contributed by atoms with Gasteiger partial charge in [0.15, 0.2) is 23.9 Å². The van der Waals surface area contributed by atoms with Crippen molar-refractivity contribution in [2.45, 2.75) is 6.54 Å². The first-order valence-corrected chi connectivity index (χ1v) is 9.23. The van der Waals surface area contributed by atoms with E-state index in [9.17, 15) is 9.59 Å². The Morgan fingerprint density at radius 3 is 2.43 bits per heavy atom. The number of hydrogen-bond donors (Lipinski definition) is 1. The molecule has 0 aliphatic heterocycles. The monoisotopic (exact) mass is 404 g/mol. The van der Waals surface area contributed by atoms with E-state index >= 15 is 0 Å². The molecule has 0 aliphatic carbocycles. The number of pyridine rings is 1. The summed E-state index contributed by atoms with van der Waals surface area (Å²) in [4.78, 5) is 24.8. The van der Waals surface area contributed by atoms with Gasteiger partial charge in [-0.25, -0.2) is 5.43 Å². The van der Waals surface area contributed by atoms with Crippen LogP contribution in [0.3, 0.4) is 0 Å². The van der Waals surface area contributed by atoms with Gasteiger partial charge in [-0.05, 0) is 29.8 Å². The third-order valence-electron chi connectivity index (χ3n) is 4.33. The number of ketones is 1. The highest BCUT2D eigenvalue weighted by Crippen LogP contribution is 2.26. The Bertz CT molecular complexity index is 1070. The fourth-order valence-corrected chi connectivity index (χ4v) is 2.80. The summed E-state index contributed by atoms with van der Waals surface area (Å²) in [5, 5.41) is 3.99. The third kappa shape index (κ3) is 5.29. The van der Waals surface area contributed by atoms with Crippen LogP contribution >= 0.6 is 0 Å². The van der Waals surface area contributed by atoms with Gasteiger partial charge in [0.05, 0.1) is 20.4 Å². The van der Waals surface area contributed by atoms with E-state index in [4.69, 9.17) is 9.47 Å². The zero-order valence-corrected chi connectivity index (χ0v) is 16.7. The van der Waals surface area contributed by atoms with E-state index in [1.165, 1.54) is 6.21 Å². The first-order chi connectivity index (χ1) is 14.6. The number of benzene rings is 2. The Hall–Kier alpha value is -4.00. The van der Waals surface area contributed by atoms with Crippen molar-refractivity contribution in [1.82, 2.24) is 5.43 Å². The van der Waals surface area contributed by atoms with Crippen LogP contribution in [-0.4, -0.2) is 32.1 Å². The number of carbonyl (C=O) groups excluding carboxylic acids is 2. The number of hydrogen-bond acceptors (Lipinski definition) is 5. The minimum absolute atomic E-state index is 0.0374. The van der Waals surface area contributed by atoms with Crippen LogP contribution in [-0.2, 0) is 6.54 Å². The van der Waals surface area contributed by atoms with Crippen LogP contribution < -0.4 is 19.5 Å². The van der Waals surface area contributed by atoms with Crippen LogP contribution in [0.5, 0.6) is 11.5 Å². The van der Waals surface area contributed by atoms with Crippen molar-refractivity contribution in [3.05, 3.63) is 89.7 Å². The van der Waals surface area contributed by atoms with E-state index < -0.39 is 0 Å². The van der Waals surface area contributed by atoms with E-state index in [1.807, 2.05) is 18.2 Å². The normalized spacial score (nSPS) is 10.6. The van der Waals surface area contributed by atoms with Crippen LogP contribution in [0.25, 0.3) is 0 Å². The molecule has 0 saturated heterocycles. The molecular formula is C23H22N3O4+. The molecule has 1 amide bonds. The maximum Gasteiger partial charge on any atom is 0.277 e. The van der Waals surface area contributed by atoms with E-state index in [2.05, 4.69) is 10.5 Å². The zero-order valence-electron chi connectivity index (χ0n) is 16.7. The first kappa shape index (κ1) is 20.7. The van der Waals surface area contributed by atoms with E-state index in [0.29, 0.717) is 22.6 Å². The average molecular weight is 404 g/mol. The molecule has 0 radical (unpaired) electrons. The molecule has 0 atom stereocenters. The lowest BCUT2D eigenvalue weighted by Crippen LogP contribution is -2.38. The molecule has 0 saturated carbocycles. The van der Waals surface area contributed by atoms with Crippen LogP contribution in [0, 0.1) is 0 Å². The molecule has 3 rings (SSSR count). The molecule has 1 heterocycles. The number of methoxy groups -OCH3 is 2. The van der Waals surface area contributed by atoms with Crippen LogP contribution in [0.15, 0.2) is 78.2 Å². The molecule has 30 heavy (non-hydrogen) atoms. The molecule has 3 aromatic rings. The molecule has 2 aromatic carbocycles. The lowest BCUT2D eigenvalue weighted by atomic mass is 10.1. The molecule has 0 aliphatic rings. The predicted octanol–water partition coefficient (Wildman–Crippen LogP) is 2.64. The summed E-state index contributed by atoms with van der Waals surface area (Å²) in [6.45, 7) is 0.139. The van der Waals surface area contributed by atoms with Crippen molar-refractivity contribution in [2.24, 2.45) is 5.10 Å². The maximum atomic E-state index is 12.4. The highest BCUT2D eigenvalue weighted by molar-refractivity contribution is 5.95. The molecule has 1 N–H and O–H groups in total. The van der Waals surface area contributed by atoms with Gasteiger partial charge in [-0.1, -0.05) is 30.3 Å². The Labute approximate surface area is 174 Å². The molecule has 152 valence electrons. The second kappa shape index (κ2) is 9.97. The van der Waals surface area contributed by atoms with Gasteiger partial charge < -0.3 is 9.47 Å². The minimum atomic E-state index is -0.381. The molecule has 0 spiro atoms. The van der Waals surface area contributed by atoms with Crippen molar-refractivity contribution < 1.29 is 23.6 Å². The van der Waals surface area contributed by atoms with Gasteiger partial charge in [-0.3, -0.25) is 9.59 Å². The number of ether oxygens (including phenoxy) is 2. The zero-order chi connectivity index (χ0) is 21.3. The topological polar surface area (TPSA) is 80.9 Å². The van der Waals surface area contributed by atoms with Crippen molar-refractivity contribution in [2.75, 3.05) is 14.2 Å². The molecule has 0 fully saturated rings. The third-order valence-corrected chi connectivity index (χ3v) is 4.33. The summed E-state index contributed by atoms with van der Waals surface area (Å²) in [6.07, 6.45) is 4.86. The van der Waals surface area contributed by atoms with Gasteiger partial charge in [0.25, 0.3) is 5.91 Å². The number of hydrazone groups is 1. The maximum absolute atomic E-state index is 12.4. The first-order valence-electron chi connectivity index (χ1n) is 9.23. The van der Waals surface area contributed by atoms with Crippen LogP contribution in [0.1, 0.15) is 26.3 Å². The van der Waals surface area contributed by atoms with Crippen molar-refractivity contribution in [3.63, 3.8) is 0 Å². The molecule has 7 nitrogen and oxygen atoms in total. The lowest BCUT2D eigenvalue weighted by Gasteiger charge is -2.07. The summed E-state index contributed by atoms with van der Waals surface area (Å²) in [6, 6.07) is 17.7. The molecular weight excluding hydrogens is 382 g/mol. The van der Waals surface area contributed by atoms with Crippen molar-refractivity contribution in [1.29, 1.82) is 0 Å². The van der Waals surface area contributed by atoms with Crippen molar-refractivity contribution >= 4 is 17.9 Å². The van der Waals surface area contributed by atoms with Gasteiger partial charge in [0.1, 0.15) is 5.56 Å². The summed E-state index contributed by atoms with van der Waals surface area (Å²) in [7, 11) is 3.11. The molecule has 7 heteroatoms. The number of rotatable bonds is 8. The molecule has 1 aromatic heterocycles. The number of amides is 1. The number of nitrogens with zero attached hydrogens (tertiary/aromatic N) is 2. The highest BCUT2D eigenvalue weighted by atomic mass is 16.5. The largest absolute Gasteiger partial charge is 0.493 e. The Morgan fingerprint density at radius 2 is 1.70 bits per heavy atom. The molecule has 0 bridgehead atoms. The lowest BCUT2D eigenvalue weighted by molar-refractivity contribution is -0.683. The quantitative estimate of drug-likeness (QED) is 0.271. The highest BCUT2D eigenvalue weighted by Gasteiger charge is 2.14. The number of aromatic nitrogens is 1.